The molecular formula is C13H21FN2O. The van der Waals surface area contributed by atoms with Crippen LogP contribution in [0.15, 0.2) is 12.1 Å². The number of rotatable bonds is 4. The summed E-state index contributed by atoms with van der Waals surface area (Å²) in [6.07, 6.45) is 1.01. The Balaban J connectivity index is 2.71. The van der Waals surface area contributed by atoms with Gasteiger partial charge >= 0.3 is 0 Å². The molecule has 0 bridgehead atoms. The molecule has 3 nitrogen and oxygen atoms in total. The van der Waals surface area contributed by atoms with Gasteiger partial charge < -0.3 is 15.8 Å². The van der Waals surface area contributed by atoms with E-state index in [-0.39, 0.29) is 11.2 Å². The smallest absolute Gasteiger partial charge is 0.167 e. The molecule has 0 saturated carbocycles. The number of benzene rings is 1. The molecule has 0 aliphatic heterocycles. The second-order valence-electron chi connectivity index (χ2n) is 5.31. The van der Waals surface area contributed by atoms with E-state index in [1.165, 1.54) is 13.2 Å². The lowest BCUT2D eigenvalue weighted by Gasteiger charge is -2.19. The average Bonchev–Trinajstić information content (AvgIpc) is 2.19. The molecule has 1 aromatic carbocycles. The molecule has 0 spiro atoms. The van der Waals surface area contributed by atoms with Crippen LogP contribution < -0.4 is 15.8 Å². The third-order valence-electron chi connectivity index (χ3n) is 2.51. The fourth-order valence-electron chi connectivity index (χ4n) is 1.45. The van der Waals surface area contributed by atoms with Gasteiger partial charge in [-0.25, -0.2) is 4.39 Å². The molecule has 17 heavy (non-hydrogen) atoms. The van der Waals surface area contributed by atoms with Crippen LogP contribution in [0, 0.1) is 11.2 Å². The molecule has 0 atom stereocenters. The van der Waals surface area contributed by atoms with E-state index in [9.17, 15) is 4.39 Å². The van der Waals surface area contributed by atoms with E-state index in [1.807, 2.05) is 0 Å². The SMILES string of the molecule is COc1cc(NCCC(C)(C)C)c(N)cc1F. The molecule has 0 aromatic heterocycles. The Bertz CT molecular complexity index is 386. The van der Waals surface area contributed by atoms with E-state index in [1.54, 1.807) is 6.07 Å². The van der Waals surface area contributed by atoms with Crippen LogP contribution in [0.4, 0.5) is 15.8 Å². The summed E-state index contributed by atoms with van der Waals surface area (Å²) in [5.74, 6) is -0.233. The van der Waals surface area contributed by atoms with Crippen LogP contribution in [0.5, 0.6) is 5.75 Å². The molecule has 0 heterocycles. The molecule has 0 unspecified atom stereocenters. The van der Waals surface area contributed by atoms with Gasteiger partial charge in [0.2, 0.25) is 0 Å². The highest BCUT2D eigenvalue weighted by atomic mass is 19.1. The Morgan fingerprint density at radius 1 is 1.35 bits per heavy atom. The first-order valence-electron chi connectivity index (χ1n) is 5.70. The van der Waals surface area contributed by atoms with Crippen LogP contribution in [-0.2, 0) is 0 Å². The van der Waals surface area contributed by atoms with E-state index in [0.29, 0.717) is 11.4 Å². The second kappa shape index (κ2) is 5.25. The molecule has 0 saturated heterocycles. The van der Waals surface area contributed by atoms with Gasteiger partial charge in [0.25, 0.3) is 0 Å². The second-order valence-corrected chi connectivity index (χ2v) is 5.31. The van der Waals surface area contributed by atoms with E-state index >= 15 is 0 Å². The van der Waals surface area contributed by atoms with Crippen LogP contribution in [0.25, 0.3) is 0 Å². The summed E-state index contributed by atoms with van der Waals surface area (Å²) < 4.78 is 18.2. The topological polar surface area (TPSA) is 47.3 Å². The largest absolute Gasteiger partial charge is 0.494 e. The van der Waals surface area contributed by atoms with E-state index in [4.69, 9.17) is 10.5 Å². The highest BCUT2D eigenvalue weighted by molar-refractivity contribution is 5.68. The van der Waals surface area contributed by atoms with E-state index in [2.05, 4.69) is 26.1 Å². The maximum atomic E-state index is 13.3. The fraction of sp³-hybridized carbons (Fsp3) is 0.538. The van der Waals surface area contributed by atoms with Gasteiger partial charge in [0.15, 0.2) is 11.6 Å². The Labute approximate surface area is 102 Å². The minimum absolute atomic E-state index is 0.206. The highest BCUT2D eigenvalue weighted by Crippen LogP contribution is 2.28. The molecule has 3 N–H and O–H groups in total. The van der Waals surface area contributed by atoms with Crippen molar-refractivity contribution in [1.29, 1.82) is 0 Å². The van der Waals surface area contributed by atoms with Gasteiger partial charge in [0.1, 0.15) is 0 Å². The molecule has 0 amide bonds. The number of nitrogen functional groups attached to an aromatic ring is 1. The van der Waals surface area contributed by atoms with Gasteiger partial charge in [-0.05, 0) is 11.8 Å². The summed E-state index contributed by atoms with van der Waals surface area (Å²) in [4.78, 5) is 0. The Hall–Kier alpha value is -1.45. The zero-order valence-corrected chi connectivity index (χ0v) is 10.9. The van der Waals surface area contributed by atoms with Gasteiger partial charge in [-0.15, -0.1) is 0 Å². The first kappa shape index (κ1) is 13.6. The Morgan fingerprint density at radius 3 is 2.53 bits per heavy atom. The van der Waals surface area contributed by atoms with Gasteiger partial charge in [-0.1, -0.05) is 20.8 Å². The first-order chi connectivity index (χ1) is 7.83. The van der Waals surface area contributed by atoms with E-state index < -0.39 is 5.82 Å². The zero-order valence-electron chi connectivity index (χ0n) is 10.9. The summed E-state index contributed by atoms with van der Waals surface area (Å²) in [5.41, 5.74) is 7.11. The number of halogens is 1. The Kier molecular flexibility index (Phi) is 4.21. The maximum Gasteiger partial charge on any atom is 0.167 e. The molecular weight excluding hydrogens is 219 g/mol. The van der Waals surface area contributed by atoms with Crippen LogP contribution >= 0.6 is 0 Å². The zero-order chi connectivity index (χ0) is 13.1. The van der Waals surface area contributed by atoms with Crippen molar-refractivity contribution in [1.82, 2.24) is 0 Å². The van der Waals surface area contributed by atoms with Crippen LogP contribution in [0.3, 0.4) is 0 Å². The van der Waals surface area contributed by atoms with Crippen molar-refractivity contribution >= 4 is 11.4 Å². The minimum Gasteiger partial charge on any atom is -0.494 e. The normalized spacial score (nSPS) is 11.4. The van der Waals surface area contributed by atoms with Crippen LogP contribution in [-0.4, -0.2) is 13.7 Å². The molecule has 4 heteroatoms. The number of hydrogen-bond donors (Lipinski definition) is 2. The lowest BCUT2D eigenvalue weighted by Crippen LogP contribution is -2.13. The van der Waals surface area contributed by atoms with Gasteiger partial charge in [-0.3, -0.25) is 0 Å². The van der Waals surface area contributed by atoms with Gasteiger partial charge in [0, 0.05) is 18.7 Å². The lowest BCUT2D eigenvalue weighted by molar-refractivity contribution is 0.385. The monoisotopic (exact) mass is 240 g/mol. The van der Waals surface area contributed by atoms with Crippen molar-refractivity contribution < 1.29 is 9.13 Å². The van der Waals surface area contributed by atoms with Crippen molar-refractivity contribution in [3.63, 3.8) is 0 Å². The summed E-state index contributed by atoms with van der Waals surface area (Å²) in [6.45, 7) is 7.30. The number of hydrogen-bond acceptors (Lipinski definition) is 3. The maximum absolute atomic E-state index is 13.3. The molecule has 0 radical (unpaired) electrons. The number of methoxy groups -OCH3 is 1. The number of nitrogens with two attached hydrogens (primary N) is 1. The number of anilines is 2. The van der Waals surface area contributed by atoms with Crippen molar-refractivity contribution in [2.45, 2.75) is 27.2 Å². The predicted molar refractivity (Wildman–Crippen MR) is 69.9 cm³/mol. The highest BCUT2D eigenvalue weighted by Gasteiger charge is 2.11. The van der Waals surface area contributed by atoms with Crippen LogP contribution in [0.1, 0.15) is 27.2 Å². The van der Waals surface area contributed by atoms with Crippen molar-refractivity contribution in [2.75, 3.05) is 24.7 Å². The fourth-order valence-corrected chi connectivity index (χ4v) is 1.45. The van der Waals surface area contributed by atoms with Crippen molar-refractivity contribution in [3.05, 3.63) is 17.9 Å². The lowest BCUT2D eigenvalue weighted by atomic mass is 9.92. The minimum atomic E-state index is -0.439. The summed E-state index contributed by atoms with van der Waals surface area (Å²) in [6, 6.07) is 2.87. The number of nitrogens with one attached hydrogen (secondary N) is 1. The third kappa shape index (κ3) is 4.13. The van der Waals surface area contributed by atoms with Crippen molar-refractivity contribution in [2.24, 2.45) is 5.41 Å². The summed E-state index contributed by atoms with van der Waals surface area (Å²) in [5, 5.41) is 3.20. The molecule has 0 fully saturated rings. The average molecular weight is 240 g/mol. The van der Waals surface area contributed by atoms with E-state index in [0.717, 1.165) is 13.0 Å². The molecule has 96 valence electrons. The number of ether oxygens (including phenoxy) is 1. The standard InChI is InChI=1S/C13H21FN2O/c1-13(2,3)5-6-16-11-8-12(17-4)9(14)7-10(11)15/h7-8,16H,5-6,15H2,1-4H3. The molecule has 1 aromatic rings. The molecule has 0 aliphatic rings. The Morgan fingerprint density at radius 2 is 2.00 bits per heavy atom. The van der Waals surface area contributed by atoms with Crippen LogP contribution in [0.2, 0.25) is 0 Å². The van der Waals surface area contributed by atoms with Crippen molar-refractivity contribution in [3.8, 4) is 5.75 Å². The summed E-state index contributed by atoms with van der Waals surface area (Å²) >= 11 is 0. The first-order valence-corrected chi connectivity index (χ1v) is 5.70. The van der Waals surface area contributed by atoms with Gasteiger partial charge in [0.05, 0.1) is 18.5 Å². The predicted octanol–water partition coefficient (Wildman–Crippen LogP) is 3.26. The molecule has 1 rings (SSSR count). The van der Waals surface area contributed by atoms with Gasteiger partial charge in [-0.2, -0.15) is 0 Å². The third-order valence-corrected chi connectivity index (χ3v) is 2.51. The molecule has 0 aliphatic carbocycles. The quantitative estimate of drug-likeness (QED) is 0.794. The summed E-state index contributed by atoms with van der Waals surface area (Å²) in [7, 11) is 1.44.